The van der Waals surface area contributed by atoms with Crippen molar-refractivity contribution in [3.05, 3.63) is 36.5 Å². The zero-order valence-electron chi connectivity index (χ0n) is 10.3. The van der Waals surface area contributed by atoms with Crippen molar-refractivity contribution in [2.45, 2.75) is 6.92 Å². The lowest BCUT2D eigenvalue weighted by Crippen LogP contribution is -2.16. The molecule has 0 saturated carbocycles. The van der Waals surface area contributed by atoms with Crippen LogP contribution in [0.15, 0.2) is 36.5 Å². The Kier molecular flexibility index (Phi) is 3.94. The van der Waals surface area contributed by atoms with E-state index in [2.05, 4.69) is 29.4 Å². The Bertz CT molecular complexity index is 479. The highest BCUT2D eigenvalue weighted by molar-refractivity contribution is 5.91. The van der Waals surface area contributed by atoms with E-state index in [1.165, 1.54) is 10.8 Å². The Morgan fingerprint density at radius 3 is 2.94 bits per heavy atom. The van der Waals surface area contributed by atoms with E-state index in [0.717, 1.165) is 19.0 Å². The zero-order chi connectivity index (χ0) is 12.1. The summed E-state index contributed by atoms with van der Waals surface area (Å²) in [6.07, 6.45) is 1.84. The third-order valence-electron chi connectivity index (χ3n) is 2.74. The molecular weight excluding hydrogens is 212 g/mol. The fraction of sp³-hybridized carbons (Fsp3) is 0.357. The van der Waals surface area contributed by atoms with Crippen molar-refractivity contribution >= 4 is 16.6 Å². The largest absolute Gasteiger partial charge is 0.384 e. The number of nitrogens with one attached hydrogen (secondary N) is 1. The first-order valence-corrected chi connectivity index (χ1v) is 5.88. The standard InChI is InChI=1S/C14H18N2O/c1-11(10-17-2)9-16-14-13-6-4-3-5-12(13)7-8-15-14/h3-8,11H,9-10H2,1-2H3,(H,15,16). The van der Waals surface area contributed by atoms with Gasteiger partial charge in [0.2, 0.25) is 0 Å². The highest BCUT2D eigenvalue weighted by atomic mass is 16.5. The molecule has 1 N–H and O–H groups in total. The maximum Gasteiger partial charge on any atom is 0.133 e. The number of ether oxygens (including phenoxy) is 1. The number of pyridine rings is 1. The van der Waals surface area contributed by atoms with Gasteiger partial charge in [-0.2, -0.15) is 0 Å². The van der Waals surface area contributed by atoms with Gasteiger partial charge in [0.15, 0.2) is 0 Å². The molecule has 0 bridgehead atoms. The molecule has 1 atom stereocenters. The highest BCUT2D eigenvalue weighted by Crippen LogP contribution is 2.20. The second-order valence-electron chi connectivity index (χ2n) is 4.32. The Morgan fingerprint density at radius 2 is 2.12 bits per heavy atom. The third-order valence-corrected chi connectivity index (χ3v) is 2.74. The Balaban J connectivity index is 2.13. The van der Waals surface area contributed by atoms with Gasteiger partial charge in [0.1, 0.15) is 5.82 Å². The molecule has 2 aromatic rings. The van der Waals surface area contributed by atoms with Crippen molar-refractivity contribution in [2.24, 2.45) is 5.92 Å². The summed E-state index contributed by atoms with van der Waals surface area (Å²) >= 11 is 0. The van der Waals surface area contributed by atoms with Crippen molar-refractivity contribution in [3.8, 4) is 0 Å². The lowest BCUT2D eigenvalue weighted by Gasteiger charge is -2.13. The van der Waals surface area contributed by atoms with Gasteiger partial charge in [-0.05, 0) is 17.4 Å². The van der Waals surface area contributed by atoms with Crippen molar-refractivity contribution in [2.75, 3.05) is 25.6 Å². The van der Waals surface area contributed by atoms with E-state index in [0.29, 0.717) is 5.92 Å². The van der Waals surface area contributed by atoms with Crippen LogP contribution < -0.4 is 5.32 Å². The Morgan fingerprint density at radius 1 is 1.29 bits per heavy atom. The van der Waals surface area contributed by atoms with Gasteiger partial charge < -0.3 is 10.1 Å². The van der Waals surface area contributed by atoms with Gasteiger partial charge in [-0.15, -0.1) is 0 Å². The molecule has 1 heterocycles. The maximum atomic E-state index is 5.12. The van der Waals surface area contributed by atoms with Crippen LogP contribution in [-0.2, 0) is 4.74 Å². The molecule has 1 aromatic heterocycles. The summed E-state index contributed by atoms with van der Waals surface area (Å²) in [7, 11) is 1.73. The predicted octanol–water partition coefficient (Wildman–Crippen LogP) is 2.93. The second-order valence-corrected chi connectivity index (χ2v) is 4.32. The van der Waals surface area contributed by atoms with E-state index >= 15 is 0 Å². The average Bonchev–Trinajstić information content (AvgIpc) is 2.36. The molecule has 0 aliphatic rings. The average molecular weight is 230 g/mol. The maximum absolute atomic E-state index is 5.12. The lowest BCUT2D eigenvalue weighted by atomic mass is 10.1. The van der Waals surface area contributed by atoms with Crippen LogP contribution in [0.1, 0.15) is 6.92 Å². The van der Waals surface area contributed by atoms with Gasteiger partial charge in [0.25, 0.3) is 0 Å². The molecule has 3 nitrogen and oxygen atoms in total. The predicted molar refractivity (Wildman–Crippen MR) is 71.3 cm³/mol. The molecule has 3 heteroatoms. The number of aromatic nitrogens is 1. The number of fused-ring (bicyclic) bond motifs is 1. The minimum absolute atomic E-state index is 0.473. The number of methoxy groups -OCH3 is 1. The number of anilines is 1. The number of rotatable bonds is 5. The molecule has 0 radical (unpaired) electrons. The molecule has 0 spiro atoms. The van der Waals surface area contributed by atoms with E-state index < -0.39 is 0 Å². The molecule has 1 aromatic carbocycles. The van der Waals surface area contributed by atoms with Crippen molar-refractivity contribution in [3.63, 3.8) is 0 Å². The Labute approximate surface area is 102 Å². The van der Waals surface area contributed by atoms with Crippen molar-refractivity contribution < 1.29 is 4.74 Å². The van der Waals surface area contributed by atoms with Crippen LogP contribution in [0.25, 0.3) is 10.8 Å². The first-order chi connectivity index (χ1) is 8.31. The van der Waals surface area contributed by atoms with E-state index in [1.54, 1.807) is 7.11 Å². The minimum Gasteiger partial charge on any atom is -0.384 e. The molecule has 1 unspecified atom stereocenters. The molecule has 0 aliphatic heterocycles. The van der Waals surface area contributed by atoms with E-state index in [4.69, 9.17) is 4.74 Å². The number of nitrogens with zero attached hydrogens (tertiary/aromatic N) is 1. The summed E-state index contributed by atoms with van der Waals surface area (Å²) in [6.45, 7) is 3.79. The minimum atomic E-state index is 0.473. The summed E-state index contributed by atoms with van der Waals surface area (Å²) in [4.78, 5) is 4.39. The monoisotopic (exact) mass is 230 g/mol. The summed E-state index contributed by atoms with van der Waals surface area (Å²) in [5.74, 6) is 1.42. The van der Waals surface area contributed by atoms with Crippen LogP contribution in [-0.4, -0.2) is 25.2 Å². The summed E-state index contributed by atoms with van der Waals surface area (Å²) in [5.41, 5.74) is 0. The van der Waals surface area contributed by atoms with Crippen LogP contribution in [0, 0.1) is 5.92 Å². The van der Waals surface area contributed by atoms with Gasteiger partial charge in [-0.1, -0.05) is 31.2 Å². The third kappa shape index (κ3) is 2.94. The normalized spacial score (nSPS) is 12.6. The van der Waals surface area contributed by atoms with Crippen LogP contribution in [0.2, 0.25) is 0 Å². The molecule has 0 amide bonds. The number of benzene rings is 1. The van der Waals surface area contributed by atoms with Crippen LogP contribution in [0.3, 0.4) is 0 Å². The second kappa shape index (κ2) is 5.64. The molecule has 2 rings (SSSR count). The van der Waals surface area contributed by atoms with Crippen LogP contribution in [0.4, 0.5) is 5.82 Å². The van der Waals surface area contributed by atoms with Crippen molar-refractivity contribution in [1.29, 1.82) is 0 Å². The quantitative estimate of drug-likeness (QED) is 0.857. The van der Waals surface area contributed by atoms with Gasteiger partial charge in [0, 0.05) is 25.2 Å². The molecule has 0 fully saturated rings. The van der Waals surface area contributed by atoms with E-state index in [1.807, 2.05) is 24.4 Å². The van der Waals surface area contributed by atoms with Gasteiger partial charge in [-0.25, -0.2) is 4.98 Å². The summed E-state index contributed by atoms with van der Waals surface area (Å²) in [6, 6.07) is 10.3. The van der Waals surface area contributed by atoms with Crippen LogP contribution in [0.5, 0.6) is 0 Å². The number of hydrogen-bond acceptors (Lipinski definition) is 3. The first kappa shape index (κ1) is 11.9. The molecular formula is C14H18N2O. The molecule has 90 valence electrons. The van der Waals surface area contributed by atoms with E-state index in [9.17, 15) is 0 Å². The molecule has 0 aliphatic carbocycles. The summed E-state index contributed by atoms with van der Waals surface area (Å²) in [5, 5.41) is 5.76. The fourth-order valence-electron chi connectivity index (χ4n) is 1.87. The highest BCUT2D eigenvalue weighted by Gasteiger charge is 2.04. The first-order valence-electron chi connectivity index (χ1n) is 5.88. The number of hydrogen-bond donors (Lipinski definition) is 1. The SMILES string of the molecule is COCC(C)CNc1nccc2ccccc12. The van der Waals surface area contributed by atoms with Crippen molar-refractivity contribution in [1.82, 2.24) is 4.98 Å². The Hall–Kier alpha value is -1.61. The molecule has 17 heavy (non-hydrogen) atoms. The smallest absolute Gasteiger partial charge is 0.133 e. The molecule has 0 saturated heterocycles. The topological polar surface area (TPSA) is 34.1 Å². The van der Waals surface area contributed by atoms with Crippen LogP contribution >= 0.6 is 0 Å². The van der Waals surface area contributed by atoms with Gasteiger partial charge >= 0.3 is 0 Å². The van der Waals surface area contributed by atoms with Gasteiger partial charge in [-0.3, -0.25) is 0 Å². The summed E-state index contributed by atoms with van der Waals surface area (Å²) < 4.78 is 5.12. The van der Waals surface area contributed by atoms with Gasteiger partial charge in [0.05, 0.1) is 6.61 Å². The fourth-order valence-corrected chi connectivity index (χ4v) is 1.87. The zero-order valence-corrected chi connectivity index (χ0v) is 10.3. The van der Waals surface area contributed by atoms with E-state index in [-0.39, 0.29) is 0 Å². The lowest BCUT2D eigenvalue weighted by molar-refractivity contribution is 0.164.